The van der Waals surface area contributed by atoms with Crippen LogP contribution in [0.4, 0.5) is 0 Å². The fraction of sp³-hybridized carbons (Fsp3) is 0.667. The van der Waals surface area contributed by atoms with E-state index in [1.807, 2.05) is 19.9 Å². The van der Waals surface area contributed by atoms with Gasteiger partial charge in [0.2, 0.25) is 0 Å². The van der Waals surface area contributed by atoms with Crippen LogP contribution < -0.4 is 0 Å². The maximum atomic E-state index is 11.9. The monoisotopic (exact) mass is 399 g/mol. The standard InChI is InChI=1S/C12H18INO4S/c1-4-16-12(15)11(8(2)3)10-7-9(14-18-10)5-6-17-19-13/h7-8,11H,4-6H2,1-3H3. The number of carbonyl (C=O) groups excluding carboxylic acids is 1. The van der Waals surface area contributed by atoms with Crippen LogP contribution in [0.25, 0.3) is 0 Å². The highest BCUT2D eigenvalue weighted by Gasteiger charge is 2.29. The molecule has 1 aromatic heterocycles. The molecule has 0 saturated heterocycles. The molecule has 1 aromatic rings. The van der Waals surface area contributed by atoms with Crippen molar-refractivity contribution in [3.63, 3.8) is 0 Å². The van der Waals surface area contributed by atoms with Gasteiger partial charge >= 0.3 is 5.97 Å². The number of carbonyl (C=O) groups is 1. The second-order valence-corrected chi connectivity index (χ2v) is 5.77. The summed E-state index contributed by atoms with van der Waals surface area (Å²) in [4.78, 5) is 11.9. The summed E-state index contributed by atoms with van der Waals surface area (Å²) in [6.07, 6.45) is 0.660. The Morgan fingerprint density at radius 1 is 1.58 bits per heavy atom. The van der Waals surface area contributed by atoms with E-state index in [1.165, 1.54) is 9.21 Å². The van der Waals surface area contributed by atoms with E-state index in [4.69, 9.17) is 13.4 Å². The number of rotatable bonds is 8. The van der Waals surface area contributed by atoms with Crippen molar-refractivity contribution in [1.82, 2.24) is 5.16 Å². The highest BCUT2D eigenvalue weighted by molar-refractivity contribution is 14.2. The molecule has 19 heavy (non-hydrogen) atoms. The molecule has 1 unspecified atom stereocenters. The molecule has 0 fully saturated rings. The Morgan fingerprint density at radius 2 is 2.32 bits per heavy atom. The van der Waals surface area contributed by atoms with Crippen LogP contribution in [0, 0.1) is 5.92 Å². The van der Waals surface area contributed by atoms with Gasteiger partial charge in [0, 0.05) is 33.7 Å². The molecule has 0 N–H and O–H groups in total. The van der Waals surface area contributed by atoms with E-state index in [0.29, 0.717) is 25.4 Å². The molecule has 0 aliphatic carbocycles. The van der Waals surface area contributed by atoms with Crippen LogP contribution in [0.5, 0.6) is 0 Å². The van der Waals surface area contributed by atoms with Crippen LogP contribution >= 0.6 is 30.4 Å². The van der Waals surface area contributed by atoms with E-state index in [1.54, 1.807) is 6.92 Å². The van der Waals surface area contributed by atoms with Gasteiger partial charge in [0.25, 0.3) is 0 Å². The largest absolute Gasteiger partial charge is 0.465 e. The van der Waals surface area contributed by atoms with Crippen molar-refractivity contribution in [1.29, 1.82) is 0 Å². The van der Waals surface area contributed by atoms with Crippen LogP contribution in [0.2, 0.25) is 0 Å². The number of ether oxygens (including phenoxy) is 1. The zero-order valence-electron chi connectivity index (χ0n) is 11.2. The number of nitrogens with zero attached hydrogens (tertiary/aromatic N) is 1. The summed E-state index contributed by atoms with van der Waals surface area (Å²) in [6, 6.07) is 1.81. The van der Waals surface area contributed by atoms with Crippen molar-refractivity contribution < 1.29 is 18.2 Å². The molecule has 1 atom stereocenters. The summed E-state index contributed by atoms with van der Waals surface area (Å²) < 4.78 is 15.5. The van der Waals surface area contributed by atoms with Gasteiger partial charge in [0.15, 0.2) is 5.76 Å². The topological polar surface area (TPSA) is 61.6 Å². The van der Waals surface area contributed by atoms with E-state index in [2.05, 4.69) is 26.4 Å². The van der Waals surface area contributed by atoms with Crippen LogP contribution in [-0.4, -0.2) is 24.3 Å². The zero-order valence-corrected chi connectivity index (χ0v) is 14.2. The maximum absolute atomic E-state index is 11.9. The lowest BCUT2D eigenvalue weighted by Crippen LogP contribution is -2.20. The van der Waals surface area contributed by atoms with Crippen molar-refractivity contribution in [3.8, 4) is 0 Å². The SMILES string of the molecule is CCOC(=O)C(c1cc(CCOSI)no1)C(C)C. The zero-order chi connectivity index (χ0) is 14.3. The van der Waals surface area contributed by atoms with Crippen molar-refractivity contribution in [2.75, 3.05) is 13.2 Å². The quantitative estimate of drug-likeness (QED) is 0.289. The van der Waals surface area contributed by atoms with Crippen molar-refractivity contribution >= 4 is 36.4 Å². The fourth-order valence-corrected chi connectivity index (χ4v) is 2.40. The molecule has 0 aromatic carbocycles. The van der Waals surface area contributed by atoms with Crippen LogP contribution in [0.1, 0.15) is 38.1 Å². The molecule has 0 amide bonds. The van der Waals surface area contributed by atoms with Gasteiger partial charge in [-0.1, -0.05) is 19.0 Å². The van der Waals surface area contributed by atoms with Crippen LogP contribution in [0.15, 0.2) is 10.6 Å². The van der Waals surface area contributed by atoms with Gasteiger partial charge in [-0.25, -0.2) is 0 Å². The first-order valence-corrected chi connectivity index (χ1v) is 9.40. The van der Waals surface area contributed by atoms with Gasteiger partial charge in [-0.05, 0) is 12.8 Å². The fourth-order valence-electron chi connectivity index (χ4n) is 1.72. The predicted octanol–water partition coefficient (Wildman–Crippen LogP) is 3.53. The number of esters is 1. The summed E-state index contributed by atoms with van der Waals surface area (Å²) >= 11 is 2.06. The summed E-state index contributed by atoms with van der Waals surface area (Å²) in [6.45, 7) is 6.63. The molecule has 5 nitrogen and oxygen atoms in total. The number of hydrogen-bond donors (Lipinski definition) is 0. The molecule has 0 aliphatic heterocycles. The van der Waals surface area contributed by atoms with Gasteiger partial charge in [0.05, 0.1) is 28.1 Å². The molecule has 108 valence electrons. The van der Waals surface area contributed by atoms with Gasteiger partial charge in [-0.15, -0.1) is 0 Å². The Labute approximate surface area is 129 Å². The van der Waals surface area contributed by atoms with E-state index in [-0.39, 0.29) is 11.9 Å². The lowest BCUT2D eigenvalue weighted by Gasteiger charge is -2.15. The predicted molar refractivity (Wildman–Crippen MR) is 82.0 cm³/mol. The van der Waals surface area contributed by atoms with Crippen molar-refractivity contribution in [2.45, 2.75) is 33.1 Å². The number of aromatic nitrogens is 1. The van der Waals surface area contributed by atoms with Crippen LogP contribution in [0.3, 0.4) is 0 Å². The lowest BCUT2D eigenvalue weighted by molar-refractivity contribution is -0.146. The normalized spacial score (nSPS) is 12.7. The van der Waals surface area contributed by atoms with Gasteiger partial charge in [0.1, 0.15) is 5.92 Å². The summed E-state index contributed by atoms with van der Waals surface area (Å²) in [5, 5.41) is 3.96. The minimum absolute atomic E-state index is 0.0981. The molecular weight excluding hydrogens is 381 g/mol. The Hall–Kier alpha value is -0.280. The number of halogens is 1. The lowest BCUT2D eigenvalue weighted by atomic mass is 9.93. The first-order chi connectivity index (χ1) is 9.10. The molecule has 0 bridgehead atoms. The third-order valence-corrected chi connectivity index (χ3v) is 3.60. The third kappa shape index (κ3) is 5.31. The van der Waals surface area contributed by atoms with Gasteiger partial charge < -0.3 is 13.4 Å². The molecule has 1 rings (SSSR count). The van der Waals surface area contributed by atoms with Crippen molar-refractivity contribution in [2.24, 2.45) is 5.92 Å². The van der Waals surface area contributed by atoms with Gasteiger partial charge in [-0.2, -0.15) is 0 Å². The van der Waals surface area contributed by atoms with E-state index >= 15 is 0 Å². The van der Waals surface area contributed by atoms with E-state index in [9.17, 15) is 4.79 Å². The first kappa shape index (κ1) is 16.8. The smallest absolute Gasteiger partial charge is 0.317 e. The Morgan fingerprint density at radius 3 is 2.89 bits per heavy atom. The van der Waals surface area contributed by atoms with E-state index in [0.717, 1.165) is 5.69 Å². The summed E-state index contributed by atoms with van der Waals surface area (Å²) in [7, 11) is 1.29. The average molecular weight is 399 g/mol. The van der Waals surface area contributed by atoms with Gasteiger partial charge in [-0.3, -0.25) is 4.79 Å². The minimum Gasteiger partial charge on any atom is -0.465 e. The molecule has 0 aliphatic rings. The Balaban J connectivity index is 2.72. The molecule has 7 heteroatoms. The average Bonchev–Trinajstić information content (AvgIpc) is 2.78. The maximum Gasteiger partial charge on any atom is 0.317 e. The molecular formula is C12H18INO4S. The Bertz CT molecular complexity index is 397. The first-order valence-electron chi connectivity index (χ1n) is 6.12. The summed E-state index contributed by atoms with van der Waals surface area (Å²) in [5.74, 6) is -0.00749. The van der Waals surface area contributed by atoms with Crippen LogP contribution in [-0.2, 0) is 20.1 Å². The van der Waals surface area contributed by atoms with E-state index < -0.39 is 5.92 Å². The third-order valence-electron chi connectivity index (χ3n) is 2.58. The van der Waals surface area contributed by atoms with Crippen molar-refractivity contribution in [3.05, 3.63) is 17.5 Å². The summed E-state index contributed by atoms with van der Waals surface area (Å²) in [5.41, 5.74) is 0.787. The number of hydrogen-bond acceptors (Lipinski definition) is 6. The molecule has 0 saturated carbocycles. The highest BCUT2D eigenvalue weighted by Crippen LogP contribution is 2.27. The molecule has 0 radical (unpaired) electrons. The highest BCUT2D eigenvalue weighted by atomic mass is 127. The Kier molecular flexibility index (Phi) is 7.77. The minimum atomic E-state index is -0.402. The second kappa shape index (κ2) is 8.80. The second-order valence-electron chi connectivity index (χ2n) is 4.33. The molecule has 0 spiro atoms. The molecule has 1 heterocycles.